The first-order valence-electron chi connectivity index (χ1n) is 10.3. The van der Waals surface area contributed by atoms with Crippen LogP contribution in [0.4, 0.5) is 11.4 Å². The van der Waals surface area contributed by atoms with Crippen molar-refractivity contribution in [2.45, 2.75) is 10.8 Å². The van der Waals surface area contributed by atoms with Gasteiger partial charge in [0.1, 0.15) is 0 Å². The van der Waals surface area contributed by atoms with E-state index in [4.69, 9.17) is 0 Å². The lowest BCUT2D eigenvalue weighted by atomic mass is 9.53. The number of nitrogens with one attached hydrogen (secondary N) is 1. The summed E-state index contributed by atoms with van der Waals surface area (Å²) in [5.74, 6) is 0. The SMILES string of the molecule is N#CC1(C#N)c2ccccc2C2(c3ccccc3Nc3ccccc32)c2ccccc21. The minimum Gasteiger partial charge on any atom is -0.355 e. The molecule has 4 aromatic rings. The molecule has 31 heavy (non-hydrogen) atoms. The van der Waals surface area contributed by atoms with Gasteiger partial charge in [-0.2, -0.15) is 10.5 Å². The van der Waals surface area contributed by atoms with Gasteiger partial charge < -0.3 is 5.32 Å². The van der Waals surface area contributed by atoms with Crippen LogP contribution in [0.25, 0.3) is 0 Å². The van der Waals surface area contributed by atoms with Crippen molar-refractivity contribution in [3.8, 4) is 12.1 Å². The van der Waals surface area contributed by atoms with Gasteiger partial charge in [-0.15, -0.1) is 0 Å². The van der Waals surface area contributed by atoms with Crippen molar-refractivity contribution >= 4 is 11.4 Å². The summed E-state index contributed by atoms with van der Waals surface area (Å²) in [7, 11) is 0. The Hall–Kier alpha value is -4.34. The summed E-state index contributed by atoms with van der Waals surface area (Å²) < 4.78 is 0. The maximum Gasteiger partial charge on any atom is 0.194 e. The molecule has 2 aliphatic rings. The molecule has 0 atom stereocenters. The van der Waals surface area contributed by atoms with Crippen molar-refractivity contribution in [2.75, 3.05) is 5.32 Å². The second-order valence-corrected chi connectivity index (χ2v) is 8.03. The van der Waals surface area contributed by atoms with Gasteiger partial charge in [0, 0.05) is 11.4 Å². The number of hydrogen-bond donors (Lipinski definition) is 1. The van der Waals surface area contributed by atoms with Crippen LogP contribution in [-0.4, -0.2) is 0 Å². The van der Waals surface area contributed by atoms with Crippen LogP contribution in [0, 0.1) is 22.7 Å². The quantitative estimate of drug-likeness (QED) is 0.362. The molecule has 0 aromatic heterocycles. The molecule has 0 fully saturated rings. The predicted molar refractivity (Wildman–Crippen MR) is 120 cm³/mol. The van der Waals surface area contributed by atoms with Crippen LogP contribution < -0.4 is 5.32 Å². The van der Waals surface area contributed by atoms with Crippen molar-refractivity contribution in [1.29, 1.82) is 10.5 Å². The highest BCUT2D eigenvalue weighted by atomic mass is 14.9. The van der Waals surface area contributed by atoms with Crippen molar-refractivity contribution < 1.29 is 0 Å². The number of anilines is 2. The highest BCUT2D eigenvalue weighted by Gasteiger charge is 2.55. The monoisotopic (exact) mass is 395 g/mol. The first-order valence-corrected chi connectivity index (χ1v) is 10.3. The molecule has 4 aromatic carbocycles. The summed E-state index contributed by atoms with van der Waals surface area (Å²) >= 11 is 0. The van der Waals surface area contributed by atoms with Crippen molar-refractivity contribution in [3.63, 3.8) is 0 Å². The molecule has 1 aliphatic carbocycles. The van der Waals surface area contributed by atoms with Crippen molar-refractivity contribution in [1.82, 2.24) is 0 Å². The Balaban J connectivity index is 1.90. The Kier molecular flexibility index (Phi) is 3.43. The van der Waals surface area contributed by atoms with Crippen LogP contribution in [0.2, 0.25) is 0 Å². The number of benzene rings is 4. The van der Waals surface area contributed by atoms with Gasteiger partial charge in [-0.1, -0.05) is 84.9 Å². The van der Waals surface area contributed by atoms with E-state index in [1.165, 1.54) is 0 Å². The van der Waals surface area contributed by atoms with Gasteiger partial charge in [-0.25, -0.2) is 0 Å². The minimum atomic E-state index is -1.35. The Bertz CT molecular complexity index is 1340. The van der Waals surface area contributed by atoms with E-state index in [0.29, 0.717) is 0 Å². The molecule has 0 saturated heterocycles. The molecular weight excluding hydrogens is 378 g/mol. The van der Waals surface area contributed by atoms with E-state index in [-0.39, 0.29) is 0 Å². The topological polar surface area (TPSA) is 59.6 Å². The minimum absolute atomic E-state index is 0.622. The standard InChI is InChI=1S/C28H17N3/c29-17-27(18-30)19-9-1-3-11-21(19)28(22-12-4-2-10-20(22)27)23-13-5-7-15-25(23)31-26-16-8-6-14-24(26)28/h1-16,31H. The molecule has 144 valence electrons. The zero-order valence-electron chi connectivity index (χ0n) is 16.6. The van der Waals surface area contributed by atoms with Gasteiger partial charge in [0.25, 0.3) is 0 Å². The molecule has 3 nitrogen and oxygen atoms in total. The maximum absolute atomic E-state index is 10.3. The highest BCUT2D eigenvalue weighted by Crippen LogP contribution is 2.60. The van der Waals surface area contributed by atoms with Gasteiger partial charge in [0.2, 0.25) is 0 Å². The lowest BCUT2D eigenvalue weighted by molar-refractivity contribution is 0.649. The lowest BCUT2D eigenvalue weighted by Crippen LogP contribution is -2.44. The molecule has 1 N–H and O–H groups in total. The van der Waals surface area contributed by atoms with Gasteiger partial charge in [0.15, 0.2) is 5.41 Å². The number of hydrogen-bond acceptors (Lipinski definition) is 3. The molecule has 0 amide bonds. The molecule has 1 spiro atoms. The Morgan fingerprint density at radius 2 is 0.839 bits per heavy atom. The molecule has 1 aliphatic heterocycles. The molecular formula is C28H17N3. The van der Waals surface area contributed by atoms with Crippen LogP contribution in [0.15, 0.2) is 97.1 Å². The molecule has 0 bridgehead atoms. The van der Waals surface area contributed by atoms with Crippen LogP contribution in [-0.2, 0) is 10.8 Å². The summed E-state index contributed by atoms with van der Waals surface area (Å²) in [6, 6.07) is 37.3. The fraction of sp³-hybridized carbons (Fsp3) is 0.0714. The average molecular weight is 395 g/mol. The van der Waals surface area contributed by atoms with E-state index in [9.17, 15) is 10.5 Å². The molecule has 3 heteroatoms. The third kappa shape index (κ3) is 1.96. The Labute approximate surface area is 180 Å². The van der Waals surface area contributed by atoms with Crippen LogP contribution in [0.5, 0.6) is 0 Å². The number of rotatable bonds is 0. The normalized spacial score (nSPS) is 15.8. The van der Waals surface area contributed by atoms with Crippen LogP contribution >= 0.6 is 0 Å². The predicted octanol–water partition coefficient (Wildman–Crippen LogP) is 5.77. The lowest BCUT2D eigenvalue weighted by Gasteiger charge is -2.48. The molecule has 0 saturated carbocycles. The van der Waals surface area contributed by atoms with E-state index in [1.54, 1.807) is 0 Å². The second kappa shape index (κ2) is 6.08. The van der Waals surface area contributed by atoms with E-state index in [2.05, 4.69) is 66.0 Å². The number of nitriles is 2. The van der Waals surface area contributed by atoms with Crippen LogP contribution in [0.3, 0.4) is 0 Å². The average Bonchev–Trinajstić information content (AvgIpc) is 2.84. The maximum atomic E-state index is 10.3. The summed E-state index contributed by atoms with van der Waals surface area (Å²) in [6.45, 7) is 0. The van der Waals surface area contributed by atoms with Crippen molar-refractivity contribution in [2.24, 2.45) is 0 Å². The third-order valence-electron chi connectivity index (χ3n) is 6.74. The first kappa shape index (κ1) is 17.5. The fourth-order valence-electron chi connectivity index (χ4n) is 5.54. The zero-order valence-corrected chi connectivity index (χ0v) is 16.6. The Morgan fingerprint density at radius 1 is 0.484 bits per heavy atom. The molecule has 6 rings (SSSR count). The van der Waals surface area contributed by atoms with Crippen molar-refractivity contribution in [3.05, 3.63) is 130 Å². The molecule has 1 heterocycles. The summed E-state index contributed by atoms with van der Waals surface area (Å²) in [5, 5.41) is 24.2. The number of nitrogens with zero attached hydrogens (tertiary/aromatic N) is 2. The highest BCUT2D eigenvalue weighted by molar-refractivity contribution is 5.85. The first-order chi connectivity index (χ1) is 15.3. The number of fused-ring (bicyclic) bond motifs is 8. The zero-order chi connectivity index (χ0) is 21.1. The van der Waals surface area contributed by atoms with Gasteiger partial charge in [0.05, 0.1) is 17.6 Å². The van der Waals surface area contributed by atoms with Crippen LogP contribution in [0.1, 0.15) is 33.4 Å². The molecule has 0 radical (unpaired) electrons. The third-order valence-corrected chi connectivity index (χ3v) is 6.74. The van der Waals surface area contributed by atoms with Gasteiger partial charge >= 0.3 is 0 Å². The molecule has 0 unspecified atom stereocenters. The van der Waals surface area contributed by atoms with Gasteiger partial charge in [-0.05, 0) is 45.5 Å². The van der Waals surface area contributed by atoms with E-state index >= 15 is 0 Å². The summed E-state index contributed by atoms with van der Waals surface area (Å²) in [4.78, 5) is 0. The van der Waals surface area contributed by atoms with E-state index in [1.807, 2.05) is 48.5 Å². The summed E-state index contributed by atoms with van der Waals surface area (Å²) in [6.07, 6.45) is 0. The summed E-state index contributed by atoms with van der Waals surface area (Å²) in [5.41, 5.74) is 5.82. The van der Waals surface area contributed by atoms with Gasteiger partial charge in [-0.3, -0.25) is 0 Å². The Morgan fingerprint density at radius 3 is 1.26 bits per heavy atom. The van der Waals surface area contributed by atoms with E-state index in [0.717, 1.165) is 44.8 Å². The smallest absolute Gasteiger partial charge is 0.194 e. The van der Waals surface area contributed by atoms with E-state index < -0.39 is 10.8 Å². The second-order valence-electron chi connectivity index (χ2n) is 8.03. The fourth-order valence-corrected chi connectivity index (χ4v) is 5.54. The largest absolute Gasteiger partial charge is 0.355 e. The number of para-hydroxylation sites is 2.